The van der Waals surface area contributed by atoms with Gasteiger partial charge in [0.05, 0.1) is 0 Å². The van der Waals surface area contributed by atoms with Gasteiger partial charge in [-0.15, -0.1) is 11.6 Å². The summed E-state index contributed by atoms with van der Waals surface area (Å²) in [5.41, 5.74) is -0.122. The molecular formula is C12H16ClNO3. The molecule has 0 aliphatic heterocycles. The van der Waals surface area contributed by atoms with Crippen LogP contribution in [0.25, 0.3) is 0 Å². The minimum atomic E-state index is -0.528. The zero-order valence-corrected chi connectivity index (χ0v) is 10.5. The first kappa shape index (κ1) is 13.6. The van der Waals surface area contributed by atoms with Gasteiger partial charge in [0.15, 0.2) is 0 Å². The summed E-state index contributed by atoms with van der Waals surface area (Å²) < 4.78 is 0. The molecule has 0 heterocycles. The van der Waals surface area contributed by atoms with Crippen molar-refractivity contribution < 1.29 is 15.0 Å². The molecular weight excluding hydrogens is 242 g/mol. The van der Waals surface area contributed by atoms with Gasteiger partial charge < -0.3 is 15.5 Å². The van der Waals surface area contributed by atoms with Crippen molar-refractivity contribution in [3.8, 4) is 11.5 Å². The van der Waals surface area contributed by atoms with Gasteiger partial charge in [0.25, 0.3) is 5.91 Å². The third-order valence-electron chi connectivity index (χ3n) is 2.53. The maximum Gasteiger partial charge on any atom is 0.259 e. The molecule has 1 aromatic rings. The SMILES string of the molecule is CC(C)C(CCl)NC(=O)c1c(O)cccc1O. The van der Waals surface area contributed by atoms with Crippen LogP contribution >= 0.6 is 11.6 Å². The van der Waals surface area contributed by atoms with Gasteiger partial charge in [0.2, 0.25) is 0 Å². The van der Waals surface area contributed by atoms with Crippen LogP contribution in [0.2, 0.25) is 0 Å². The Bertz CT molecular complexity index is 386. The zero-order chi connectivity index (χ0) is 13.0. The van der Waals surface area contributed by atoms with Crippen LogP contribution in [0.15, 0.2) is 18.2 Å². The second-order valence-electron chi connectivity index (χ2n) is 4.15. The number of rotatable bonds is 4. The second-order valence-corrected chi connectivity index (χ2v) is 4.46. The van der Waals surface area contributed by atoms with Crippen LogP contribution in [-0.4, -0.2) is 28.0 Å². The molecule has 0 bridgehead atoms. The lowest BCUT2D eigenvalue weighted by Gasteiger charge is -2.20. The third-order valence-corrected chi connectivity index (χ3v) is 2.87. The number of carbonyl (C=O) groups is 1. The molecule has 1 unspecified atom stereocenters. The molecule has 0 aliphatic carbocycles. The van der Waals surface area contributed by atoms with E-state index < -0.39 is 5.91 Å². The molecule has 0 aromatic heterocycles. The van der Waals surface area contributed by atoms with Crippen LogP contribution in [-0.2, 0) is 0 Å². The van der Waals surface area contributed by atoms with Crippen LogP contribution in [0.3, 0.4) is 0 Å². The lowest BCUT2D eigenvalue weighted by Crippen LogP contribution is -2.39. The minimum Gasteiger partial charge on any atom is -0.507 e. The molecule has 0 spiro atoms. The van der Waals surface area contributed by atoms with Crippen molar-refractivity contribution in [2.45, 2.75) is 19.9 Å². The molecule has 1 rings (SSSR count). The largest absolute Gasteiger partial charge is 0.507 e. The van der Waals surface area contributed by atoms with E-state index in [2.05, 4.69) is 5.32 Å². The van der Waals surface area contributed by atoms with E-state index in [1.165, 1.54) is 18.2 Å². The number of amides is 1. The van der Waals surface area contributed by atoms with E-state index in [-0.39, 0.29) is 34.9 Å². The Kier molecular flexibility index (Phi) is 4.63. The molecule has 4 nitrogen and oxygen atoms in total. The van der Waals surface area contributed by atoms with Gasteiger partial charge in [-0.1, -0.05) is 19.9 Å². The molecule has 0 radical (unpaired) electrons. The highest BCUT2D eigenvalue weighted by Crippen LogP contribution is 2.26. The van der Waals surface area contributed by atoms with Crippen LogP contribution in [0.4, 0.5) is 0 Å². The number of benzene rings is 1. The molecule has 1 amide bonds. The van der Waals surface area contributed by atoms with E-state index in [0.29, 0.717) is 0 Å². The summed E-state index contributed by atoms with van der Waals surface area (Å²) >= 11 is 5.73. The number of nitrogens with one attached hydrogen (secondary N) is 1. The standard InChI is InChI=1S/C12H16ClNO3/c1-7(2)8(6-13)14-12(17)11-9(15)4-3-5-10(11)16/h3-5,7-8,15-16H,6H2,1-2H3,(H,14,17). The van der Waals surface area contributed by atoms with Gasteiger partial charge in [-0.2, -0.15) is 0 Å². The number of aromatic hydroxyl groups is 2. The van der Waals surface area contributed by atoms with Gasteiger partial charge in [0.1, 0.15) is 17.1 Å². The van der Waals surface area contributed by atoms with Gasteiger partial charge >= 0.3 is 0 Å². The maximum atomic E-state index is 11.9. The van der Waals surface area contributed by atoms with Gasteiger partial charge in [-0.25, -0.2) is 0 Å². The molecule has 94 valence electrons. The molecule has 1 aromatic carbocycles. The Hall–Kier alpha value is -1.42. The predicted molar refractivity (Wildman–Crippen MR) is 66.6 cm³/mol. The van der Waals surface area contributed by atoms with Crippen LogP contribution in [0, 0.1) is 5.92 Å². The number of phenols is 2. The molecule has 0 fully saturated rings. The topological polar surface area (TPSA) is 69.6 Å². The van der Waals surface area contributed by atoms with Crippen molar-refractivity contribution in [1.29, 1.82) is 0 Å². The highest BCUT2D eigenvalue weighted by molar-refractivity contribution is 6.18. The quantitative estimate of drug-likeness (QED) is 0.724. The fourth-order valence-electron chi connectivity index (χ4n) is 1.38. The Labute approximate surface area is 105 Å². The fourth-order valence-corrected chi connectivity index (χ4v) is 1.82. The summed E-state index contributed by atoms with van der Waals surface area (Å²) in [5.74, 6) is -0.582. The van der Waals surface area contributed by atoms with Crippen molar-refractivity contribution in [1.82, 2.24) is 5.32 Å². The summed E-state index contributed by atoms with van der Waals surface area (Å²) in [4.78, 5) is 11.9. The van der Waals surface area contributed by atoms with Gasteiger partial charge in [-0.05, 0) is 18.1 Å². The summed E-state index contributed by atoms with van der Waals surface area (Å²) in [7, 11) is 0. The summed E-state index contributed by atoms with van der Waals surface area (Å²) in [6.45, 7) is 3.86. The number of hydrogen-bond donors (Lipinski definition) is 3. The van der Waals surface area contributed by atoms with Crippen molar-refractivity contribution in [2.24, 2.45) is 5.92 Å². The van der Waals surface area contributed by atoms with Crippen LogP contribution in [0.1, 0.15) is 24.2 Å². The maximum absolute atomic E-state index is 11.9. The minimum absolute atomic E-state index is 0.122. The van der Waals surface area contributed by atoms with Crippen molar-refractivity contribution in [3.63, 3.8) is 0 Å². The fraction of sp³-hybridized carbons (Fsp3) is 0.417. The Morgan fingerprint density at radius 2 is 1.88 bits per heavy atom. The first-order valence-electron chi connectivity index (χ1n) is 5.35. The second kappa shape index (κ2) is 5.77. The number of alkyl halides is 1. The average molecular weight is 258 g/mol. The molecule has 3 N–H and O–H groups in total. The third kappa shape index (κ3) is 3.27. The zero-order valence-electron chi connectivity index (χ0n) is 9.77. The average Bonchev–Trinajstić information content (AvgIpc) is 2.25. The lowest BCUT2D eigenvalue weighted by molar-refractivity contribution is 0.0925. The first-order valence-corrected chi connectivity index (χ1v) is 5.88. The molecule has 17 heavy (non-hydrogen) atoms. The summed E-state index contributed by atoms with van der Waals surface area (Å²) in [5, 5.41) is 21.7. The van der Waals surface area contributed by atoms with E-state index in [1.54, 1.807) is 0 Å². The summed E-state index contributed by atoms with van der Waals surface area (Å²) in [6.07, 6.45) is 0. The number of phenolic OH excluding ortho intramolecular Hbond substituents is 2. The predicted octanol–water partition coefficient (Wildman–Crippen LogP) is 2.09. The highest BCUT2D eigenvalue weighted by atomic mass is 35.5. The lowest BCUT2D eigenvalue weighted by atomic mass is 10.1. The van der Waals surface area contributed by atoms with Crippen LogP contribution < -0.4 is 5.32 Å². The van der Waals surface area contributed by atoms with E-state index in [1.807, 2.05) is 13.8 Å². The first-order chi connectivity index (χ1) is 7.97. The van der Waals surface area contributed by atoms with Gasteiger partial charge in [-0.3, -0.25) is 4.79 Å². The molecule has 0 saturated carbocycles. The Morgan fingerprint density at radius 3 is 2.29 bits per heavy atom. The van der Waals surface area contributed by atoms with Crippen molar-refractivity contribution in [3.05, 3.63) is 23.8 Å². The van der Waals surface area contributed by atoms with Crippen LogP contribution in [0.5, 0.6) is 11.5 Å². The molecule has 0 aliphatic rings. The van der Waals surface area contributed by atoms with Crippen molar-refractivity contribution >= 4 is 17.5 Å². The number of hydrogen-bond acceptors (Lipinski definition) is 3. The number of halogens is 1. The Balaban J connectivity index is 2.90. The van der Waals surface area contributed by atoms with E-state index in [4.69, 9.17) is 11.6 Å². The molecule has 1 atom stereocenters. The normalized spacial score (nSPS) is 12.5. The van der Waals surface area contributed by atoms with E-state index in [9.17, 15) is 15.0 Å². The van der Waals surface area contributed by atoms with Gasteiger partial charge in [0, 0.05) is 11.9 Å². The summed E-state index contributed by atoms with van der Waals surface area (Å²) in [6, 6.07) is 3.95. The van der Waals surface area contributed by atoms with E-state index in [0.717, 1.165) is 0 Å². The molecule has 0 saturated heterocycles. The van der Waals surface area contributed by atoms with E-state index >= 15 is 0 Å². The molecule has 5 heteroatoms. The van der Waals surface area contributed by atoms with Crippen molar-refractivity contribution in [2.75, 3.05) is 5.88 Å². The number of carbonyl (C=O) groups excluding carboxylic acids is 1. The monoisotopic (exact) mass is 257 g/mol. The highest BCUT2D eigenvalue weighted by Gasteiger charge is 2.20. The Morgan fingerprint density at radius 1 is 1.35 bits per heavy atom. The smallest absolute Gasteiger partial charge is 0.259 e.